The monoisotopic (exact) mass is 234 g/mol. The van der Waals surface area contributed by atoms with Crippen molar-refractivity contribution < 1.29 is 9.90 Å². The number of aliphatic hydroxyl groups is 1. The van der Waals surface area contributed by atoms with Gasteiger partial charge in [0, 0.05) is 6.54 Å². The van der Waals surface area contributed by atoms with E-state index in [0.717, 1.165) is 24.9 Å². The first-order chi connectivity index (χ1) is 8.18. The summed E-state index contributed by atoms with van der Waals surface area (Å²) in [4.78, 5) is 13.2. The van der Waals surface area contributed by atoms with Crippen LogP contribution in [0.25, 0.3) is 0 Å². The Morgan fingerprint density at radius 1 is 1.47 bits per heavy atom. The number of carbonyl (C=O) groups is 1. The predicted octanol–water partition coefficient (Wildman–Crippen LogP) is 0.670. The molecular weight excluding hydrogens is 216 g/mol. The van der Waals surface area contributed by atoms with Crippen molar-refractivity contribution in [2.75, 3.05) is 13.1 Å². The van der Waals surface area contributed by atoms with E-state index in [1.807, 2.05) is 35.2 Å². The fourth-order valence-corrected chi connectivity index (χ4v) is 2.37. The number of carbonyl (C=O) groups excluding carboxylic acids is 1. The first-order valence-electron chi connectivity index (χ1n) is 5.95. The molecule has 0 spiro atoms. The van der Waals surface area contributed by atoms with Crippen LogP contribution in [0.4, 0.5) is 0 Å². The third-order valence-corrected chi connectivity index (χ3v) is 3.28. The number of aliphatic hydroxyl groups excluding tert-OH is 1. The van der Waals surface area contributed by atoms with E-state index in [1.165, 1.54) is 0 Å². The minimum atomic E-state index is -0.559. The Kier molecular flexibility index (Phi) is 3.76. The first kappa shape index (κ1) is 12.1. The van der Waals surface area contributed by atoms with Crippen LogP contribution in [-0.2, 0) is 4.79 Å². The van der Waals surface area contributed by atoms with Gasteiger partial charge < -0.3 is 10.8 Å². The molecule has 2 rings (SSSR count). The van der Waals surface area contributed by atoms with E-state index in [0.29, 0.717) is 6.54 Å². The highest BCUT2D eigenvalue weighted by Gasteiger charge is 2.30. The van der Waals surface area contributed by atoms with Crippen LogP contribution in [0.1, 0.15) is 24.5 Å². The highest BCUT2D eigenvalue weighted by atomic mass is 16.3. The molecule has 1 heterocycles. The molecule has 0 bridgehead atoms. The van der Waals surface area contributed by atoms with Crippen LogP contribution in [0.3, 0.4) is 0 Å². The average Bonchev–Trinajstić information content (AvgIpc) is 2.78. The molecule has 1 saturated heterocycles. The van der Waals surface area contributed by atoms with Gasteiger partial charge in [-0.25, -0.2) is 0 Å². The second kappa shape index (κ2) is 5.29. The Labute approximate surface area is 101 Å². The fraction of sp³-hybridized carbons (Fsp3) is 0.462. The summed E-state index contributed by atoms with van der Waals surface area (Å²) < 4.78 is 0. The molecule has 0 saturated carbocycles. The van der Waals surface area contributed by atoms with Crippen LogP contribution in [-0.4, -0.2) is 35.0 Å². The van der Waals surface area contributed by atoms with Gasteiger partial charge in [-0.15, -0.1) is 0 Å². The number of nitrogens with two attached hydrogens (primary N) is 1. The van der Waals surface area contributed by atoms with Crippen LogP contribution < -0.4 is 5.73 Å². The zero-order valence-corrected chi connectivity index (χ0v) is 9.75. The largest absolute Gasteiger partial charge is 0.387 e. The second-order valence-corrected chi connectivity index (χ2v) is 4.48. The Bertz CT molecular complexity index is 380. The summed E-state index contributed by atoms with van der Waals surface area (Å²) in [5.41, 5.74) is 6.22. The van der Waals surface area contributed by atoms with Gasteiger partial charge in [0.05, 0.1) is 12.1 Å². The van der Waals surface area contributed by atoms with Gasteiger partial charge in [-0.2, -0.15) is 0 Å². The summed E-state index contributed by atoms with van der Waals surface area (Å²) in [6, 6.07) is 9.27. The third kappa shape index (κ3) is 2.84. The molecule has 2 atom stereocenters. The molecule has 4 nitrogen and oxygen atoms in total. The summed E-state index contributed by atoms with van der Waals surface area (Å²) in [5, 5.41) is 10.1. The highest BCUT2D eigenvalue weighted by Crippen LogP contribution is 2.21. The molecular formula is C13H18N2O2. The molecule has 3 N–H and O–H groups in total. The Morgan fingerprint density at radius 2 is 2.18 bits per heavy atom. The molecule has 1 aromatic carbocycles. The highest BCUT2D eigenvalue weighted by molar-refractivity contribution is 5.80. The summed E-state index contributed by atoms with van der Waals surface area (Å²) >= 11 is 0. The van der Waals surface area contributed by atoms with Crippen molar-refractivity contribution in [2.24, 2.45) is 5.73 Å². The minimum absolute atomic E-state index is 0.214. The number of rotatable bonds is 4. The molecule has 1 aliphatic heterocycles. The van der Waals surface area contributed by atoms with Crippen LogP contribution in [0, 0.1) is 0 Å². The standard InChI is InChI=1S/C13H18N2O2/c14-13(17)11-7-4-8-15(11)9-12(16)10-5-2-1-3-6-10/h1-3,5-6,11-12,16H,4,7-9H2,(H2,14,17)/t11?,12-/m1/s1. The lowest BCUT2D eigenvalue weighted by molar-refractivity contribution is -0.122. The molecule has 17 heavy (non-hydrogen) atoms. The van der Waals surface area contributed by atoms with Crippen molar-refractivity contribution in [1.82, 2.24) is 4.90 Å². The zero-order chi connectivity index (χ0) is 12.3. The summed E-state index contributed by atoms with van der Waals surface area (Å²) in [7, 11) is 0. The van der Waals surface area contributed by atoms with Gasteiger partial charge in [0.2, 0.25) is 5.91 Å². The fourth-order valence-electron chi connectivity index (χ4n) is 2.37. The van der Waals surface area contributed by atoms with Gasteiger partial charge in [0.1, 0.15) is 0 Å². The molecule has 1 aromatic rings. The second-order valence-electron chi connectivity index (χ2n) is 4.48. The van der Waals surface area contributed by atoms with Gasteiger partial charge in [-0.05, 0) is 24.9 Å². The Balaban J connectivity index is 1.99. The SMILES string of the molecule is NC(=O)C1CCCN1C[C@@H](O)c1ccccc1. The van der Waals surface area contributed by atoms with Crippen LogP contribution in [0.2, 0.25) is 0 Å². The van der Waals surface area contributed by atoms with E-state index in [2.05, 4.69) is 0 Å². The van der Waals surface area contributed by atoms with E-state index >= 15 is 0 Å². The lowest BCUT2D eigenvalue weighted by atomic mass is 10.1. The number of hydrogen-bond donors (Lipinski definition) is 2. The number of primary amides is 1. The maximum absolute atomic E-state index is 11.2. The predicted molar refractivity (Wildman–Crippen MR) is 65.2 cm³/mol. The maximum Gasteiger partial charge on any atom is 0.234 e. The number of amides is 1. The van der Waals surface area contributed by atoms with E-state index in [9.17, 15) is 9.90 Å². The van der Waals surface area contributed by atoms with Crippen molar-refractivity contribution in [3.05, 3.63) is 35.9 Å². The molecule has 1 amide bonds. The van der Waals surface area contributed by atoms with E-state index in [1.54, 1.807) is 0 Å². The van der Waals surface area contributed by atoms with E-state index in [-0.39, 0.29) is 11.9 Å². The van der Waals surface area contributed by atoms with E-state index < -0.39 is 6.10 Å². The van der Waals surface area contributed by atoms with Crippen molar-refractivity contribution in [3.8, 4) is 0 Å². The smallest absolute Gasteiger partial charge is 0.234 e. The van der Waals surface area contributed by atoms with Gasteiger partial charge >= 0.3 is 0 Å². The number of β-amino-alcohol motifs (C(OH)–C–C–N with tert-alkyl or cyclic N) is 1. The Hall–Kier alpha value is -1.39. The van der Waals surface area contributed by atoms with Crippen LogP contribution in [0.15, 0.2) is 30.3 Å². The molecule has 0 radical (unpaired) electrons. The first-order valence-corrected chi connectivity index (χ1v) is 5.95. The number of hydrogen-bond acceptors (Lipinski definition) is 3. The van der Waals surface area contributed by atoms with Gasteiger partial charge in [-0.1, -0.05) is 30.3 Å². The molecule has 92 valence electrons. The van der Waals surface area contributed by atoms with Crippen molar-refractivity contribution >= 4 is 5.91 Å². The molecule has 1 fully saturated rings. The average molecular weight is 234 g/mol. The minimum Gasteiger partial charge on any atom is -0.387 e. The number of benzene rings is 1. The van der Waals surface area contributed by atoms with Crippen molar-refractivity contribution in [3.63, 3.8) is 0 Å². The lowest BCUT2D eigenvalue weighted by Crippen LogP contribution is -2.42. The third-order valence-electron chi connectivity index (χ3n) is 3.28. The Morgan fingerprint density at radius 3 is 2.82 bits per heavy atom. The normalized spacial score (nSPS) is 22.5. The van der Waals surface area contributed by atoms with Crippen LogP contribution in [0.5, 0.6) is 0 Å². The van der Waals surface area contributed by atoms with Crippen molar-refractivity contribution in [1.29, 1.82) is 0 Å². The maximum atomic E-state index is 11.2. The number of likely N-dealkylation sites (tertiary alicyclic amines) is 1. The molecule has 1 unspecified atom stereocenters. The number of nitrogens with zero attached hydrogens (tertiary/aromatic N) is 1. The van der Waals surface area contributed by atoms with Gasteiger partial charge in [-0.3, -0.25) is 9.69 Å². The van der Waals surface area contributed by atoms with Crippen LogP contribution >= 0.6 is 0 Å². The molecule has 0 aromatic heterocycles. The summed E-state index contributed by atoms with van der Waals surface area (Å²) in [5.74, 6) is -0.289. The molecule has 1 aliphatic rings. The summed E-state index contributed by atoms with van der Waals surface area (Å²) in [6.07, 6.45) is 1.21. The zero-order valence-electron chi connectivity index (χ0n) is 9.75. The van der Waals surface area contributed by atoms with Gasteiger partial charge in [0.15, 0.2) is 0 Å². The quantitative estimate of drug-likeness (QED) is 0.804. The van der Waals surface area contributed by atoms with E-state index in [4.69, 9.17) is 5.73 Å². The summed E-state index contributed by atoms with van der Waals surface area (Å²) in [6.45, 7) is 1.30. The molecule has 0 aliphatic carbocycles. The molecule has 4 heteroatoms. The van der Waals surface area contributed by atoms with Gasteiger partial charge in [0.25, 0.3) is 0 Å². The topological polar surface area (TPSA) is 66.6 Å². The lowest BCUT2D eigenvalue weighted by Gasteiger charge is -2.24. The van der Waals surface area contributed by atoms with Crippen molar-refractivity contribution in [2.45, 2.75) is 25.0 Å².